The summed E-state index contributed by atoms with van der Waals surface area (Å²) in [4.78, 5) is 0. The second-order valence-corrected chi connectivity index (χ2v) is 3.44. The summed E-state index contributed by atoms with van der Waals surface area (Å²) in [6.07, 6.45) is 0.420. The fourth-order valence-electron chi connectivity index (χ4n) is 1.13. The van der Waals surface area contributed by atoms with Crippen molar-refractivity contribution in [3.05, 3.63) is 29.3 Å². The van der Waals surface area contributed by atoms with Crippen LogP contribution in [0.25, 0.3) is 0 Å². The van der Waals surface area contributed by atoms with Gasteiger partial charge in [-0.15, -0.1) is 0 Å². The molecule has 3 N–H and O–H groups in total. The van der Waals surface area contributed by atoms with Gasteiger partial charge in [-0.25, -0.2) is 0 Å². The van der Waals surface area contributed by atoms with Crippen LogP contribution in [0.15, 0.2) is 23.4 Å². The highest BCUT2D eigenvalue weighted by Gasteiger charge is 1.98. The van der Waals surface area contributed by atoms with E-state index in [1.807, 2.05) is 25.1 Å². The van der Waals surface area contributed by atoms with Crippen molar-refractivity contribution in [2.45, 2.75) is 20.3 Å². The molecule has 0 heterocycles. The Morgan fingerprint density at radius 2 is 2.13 bits per heavy atom. The highest BCUT2D eigenvalue weighted by molar-refractivity contribution is 5.79. The van der Waals surface area contributed by atoms with Crippen molar-refractivity contribution in [2.75, 3.05) is 6.61 Å². The van der Waals surface area contributed by atoms with Crippen molar-refractivity contribution >= 4 is 5.84 Å². The highest BCUT2D eigenvalue weighted by Crippen LogP contribution is 2.16. The molecule has 4 heteroatoms. The summed E-state index contributed by atoms with van der Waals surface area (Å²) in [5.41, 5.74) is 7.74. The number of aryl methyl sites for hydroxylation is 2. The molecule has 82 valence electrons. The first-order chi connectivity index (χ1) is 7.13. The van der Waals surface area contributed by atoms with Crippen LogP contribution in [0, 0.1) is 13.8 Å². The minimum Gasteiger partial charge on any atom is -0.493 e. The maximum Gasteiger partial charge on any atom is 0.142 e. The number of hydrogen-bond acceptors (Lipinski definition) is 3. The molecule has 1 aromatic carbocycles. The van der Waals surface area contributed by atoms with Gasteiger partial charge in [0.2, 0.25) is 0 Å². The molecule has 0 amide bonds. The Labute approximate surface area is 89.4 Å². The van der Waals surface area contributed by atoms with Gasteiger partial charge in [-0.2, -0.15) is 0 Å². The topological polar surface area (TPSA) is 67.8 Å². The fourth-order valence-corrected chi connectivity index (χ4v) is 1.13. The van der Waals surface area contributed by atoms with E-state index in [1.165, 1.54) is 11.1 Å². The second-order valence-electron chi connectivity index (χ2n) is 3.44. The largest absolute Gasteiger partial charge is 0.493 e. The molecule has 0 unspecified atom stereocenters. The van der Waals surface area contributed by atoms with Gasteiger partial charge in [-0.3, -0.25) is 0 Å². The van der Waals surface area contributed by atoms with Crippen LogP contribution >= 0.6 is 0 Å². The molecule has 0 aliphatic heterocycles. The Morgan fingerprint density at radius 1 is 1.40 bits per heavy atom. The van der Waals surface area contributed by atoms with Crippen molar-refractivity contribution in [1.29, 1.82) is 0 Å². The molecular weight excluding hydrogens is 192 g/mol. The fraction of sp³-hybridized carbons (Fsp3) is 0.364. The Hall–Kier alpha value is -1.71. The van der Waals surface area contributed by atoms with E-state index in [4.69, 9.17) is 15.7 Å². The molecule has 0 aliphatic carbocycles. The predicted octanol–water partition coefficient (Wildman–Crippen LogP) is 1.82. The number of ether oxygens (including phenoxy) is 1. The molecule has 0 saturated carbocycles. The van der Waals surface area contributed by atoms with Crippen LogP contribution in [0.5, 0.6) is 5.75 Å². The van der Waals surface area contributed by atoms with Gasteiger partial charge in [0.15, 0.2) is 0 Å². The second kappa shape index (κ2) is 5.24. The molecule has 15 heavy (non-hydrogen) atoms. The quantitative estimate of drug-likeness (QED) is 0.343. The van der Waals surface area contributed by atoms with E-state index in [-0.39, 0.29) is 5.84 Å². The van der Waals surface area contributed by atoms with Gasteiger partial charge in [0.25, 0.3) is 0 Å². The van der Waals surface area contributed by atoms with Crippen LogP contribution in [-0.2, 0) is 0 Å². The Kier molecular flexibility index (Phi) is 3.97. The Balaban J connectivity index is 2.48. The minimum atomic E-state index is 0.179. The zero-order chi connectivity index (χ0) is 11.3. The zero-order valence-corrected chi connectivity index (χ0v) is 9.03. The van der Waals surface area contributed by atoms with Crippen molar-refractivity contribution in [1.82, 2.24) is 0 Å². The predicted molar refractivity (Wildman–Crippen MR) is 59.4 cm³/mol. The third kappa shape index (κ3) is 3.50. The first-order valence-electron chi connectivity index (χ1n) is 4.80. The van der Waals surface area contributed by atoms with E-state index in [0.29, 0.717) is 13.0 Å². The summed E-state index contributed by atoms with van der Waals surface area (Å²) in [5.74, 6) is 0.989. The summed E-state index contributed by atoms with van der Waals surface area (Å²) in [6, 6.07) is 5.89. The van der Waals surface area contributed by atoms with Gasteiger partial charge in [0.1, 0.15) is 11.6 Å². The SMILES string of the molecule is Cc1ccc(OCC/C(N)=N/O)cc1C. The van der Waals surface area contributed by atoms with Crippen molar-refractivity contribution in [2.24, 2.45) is 10.9 Å². The molecule has 0 aromatic heterocycles. The van der Waals surface area contributed by atoms with E-state index in [2.05, 4.69) is 12.1 Å². The monoisotopic (exact) mass is 208 g/mol. The third-order valence-corrected chi connectivity index (χ3v) is 2.23. The number of amidine groups is 1. The summed E-state index contributed by atoms with van der Waals surface area (Å²) in [6.45, 7) is 4.50. The van der Waals surface area contributed by atoms with Crippen LogP contribution in [0.3, 0.4) is 0 Å². The molecule has 0 bridgehead atoms. The molecule has 0 radical (unpaired) electrons. The van der Waals surface area contributed by atoms with E-state index >= 15 is 0 Å². The van der Waals surface area contributed by atoms with Crippen molar-refractivity contribution in [3.63, 3.8) is 0 Å². The minimum absolute atomic E-state index is 0.179. The van der Waals surface area contributed by atoms with Crippen LogP contribution < -0.4 is 10.5 Å². The first kappa shape index (κ1) is 11.4. The van der Waals surface area contributed by atoms with Gasteiger partial charge in [0.05, 0.1) is 6.61 Å². The average molecular weight is 208 g/mol. The van der Waals surface area contributed by atoms with Crippen molar-refractivity contribution in [3.8, 4) is 5.75 Å². The number of rotatable bonds is 4. The maximum absolute atomic E-state index is 8.32. The Bertz CT molecular complexity index is 362. The number of nitrogens with two attached hydrogens (primary N) is 1. The summed E-state index contributed by atoms with van der Waals surface area (Å²) in [7, 11) is 0. The summed E-state index contributed by atoms with van der Waals surface area (Å²) >= 11 is 0. The first-order valence-corrected chi connectivity index (χ1v) is 4.80. The van der Waals surface area contributed by atoms with Crippen LogP contribution in [-0.4, -0.2) is 17.6 Å². The average Bonchev–Trinajstić information content (AvgIpc) is 2.23. The number of oxime groups is 1. The number of benzene rings is 1. The van der Waals surface area contributed by atoms with E-state index in [0.717, 1.165) is 5.75 Å². The van der Waals surface area contributed by atoms with E-state index in [9.17, 15) is 0 Å². The van der Waals surface area contributed by atoms with Crippen LogP contribution in [0.2, 0.25) is 0 Å². The maximum atomic E-state index is 8.32. The smallest absolute Gasteiger partial charge is 0.142 e. The normalized spacial score (nSPS) is 11.5. The van der Waals surface area contributed by atoms with E-state index < -0.39 is 0 Å². The standard InChI is InChI=1S/C11H16N2O2/c1-8-3-4-10(7-9(8)2)15-6-5-11(12)13-14/h3-4,7,14H,5-6H2,1-2H3,(H2,12,13). The van der Waals surface area contributed by atoms with Gasteiger partial charge in [0, 0.05) is 6.42 Å². The Morgan fingerprint density at radius 3 is 2.73 bits per heavy atom. The lowest BCUT2D eigenvalue weighted by Crippen LogP contribution is -2.15. The zero-order valence-electron chi connectivity index (χ0n) is 9.03. The molecule has 4 nitrogen and oxygen atoms in total. The van der Waals surface area contributed by atoms with E-state index in [1.54, 1.807) is 0 Å². The van der Waals surface area contributed by atoms with Crippen molar-refractivity contribution < 1.29 is 9.94 Å². The molecular formula is C11H16N2O2. The number of nitrogens with zero attached hydrogens (tertiary/aromatic N) is 1. The summed E-state index contributed by atoms with van der Waals surface area (Å²) < 4.78 is 5.44. The molecule has 0 spiro atoms. The molecule has 1 rings (SSSR count). The van der Waals surface area contributed by atoms with Gasteiger partial charge in [-0.05, 0) is 37.1 Å². The highest BCUT2D eigenvalue weighted by atomic mass is 16.5. The van der Waals surface area contributed by atoms with Crippen LogP contribution in [0.4, 0.5) is 0 Å². The third-order valence-electron chi connectivity index (χ3n) is 2.23. The lowest BCUT2D eigenvalue weighted by molar-refractivity contribution is 0.305. The molecule has 0 atom stereocenters. The van der Waals surface area contributed by atoms with Crippen LogP contribution in [0.1, 0.15) is 17.5 Å². The lowest BCUT2D eigenvalue weighted by atomic mass is 10.1. The molecule has 0 saturated heterocycles. The molecule has 0 aliphatic rings. The molecule has 1 aromatic rings. The lowest BCUT2D eigenvalue weighted by Gasteiger charge is -2.07. The van der Waals surface area contributed by atoms with Gasteiger partial charge in [-0.1, -0.05) is 11.2 Å². The number of hydrogen-bond donors (Lipinski definition) is 2. The molecule has 0 fully saturated rings. The van der Waals surface area contributed by atoms with Gasteiger partial charge < -0.3 is 15.7 Å². The van der Waals surface area contributed by atoms with Gasteiger partial charge >= 0.3 is 0 Å². The summed E-state index contributed by atoms with van der Waals surface area (Å²) in [5, 5.41) is 11.2.